The van der Waals surface area contributed by atoms with Crippen LogP contribution in [0.25, 0.3) is 21.8 Å². The molecule has 0 saturated carbocycles. The number of hydrogen-bond donors (Lipinski definition) is 1. The molecule has 0 aliphatic carbocycles. The van der Waals surface area contributed by atoms with Gasteiger partial charge in [0.15, 0.2) is 11.3 Å². The van der Waals surface area contributed by atoms with Gasteiger partial charge in [-0.15, -0.1) is 0 Å². The lowest BCUT2D eigenvalue weighted by molar-refractivity contribution is 0.0955. The van der Waals surface area contributed by atoms with Crippen molar-refractivity contribution in [1.82, 2.24) is 39.7 Å². The summed E-state index contributed by atoms with van der Waals surface area (Å²) in [5.74, 6) is 0.551. The van der Waals surface area contributed by atoms with Crippen molar-refractivity contribution in [2.24, 2.45) is 7.05 Å². The minimum atomic E-state index is -0.316. The van der Waals surface area contributed by atoms with E-state index in [0.29, 0.717) is 17.4 Å². The summed E-state index contributed by atoms with van der Waals surface area (Å²) in [5, 5.41) is 13.2. The van der Waals surface area contributed by atoms with Crippen molar-refractivity contribution in [3.63, 3.8) is 0 Å². The summed E-state index contributed by atoms with van der Waals surface area (Å²) in [7, 11) is 3.41. The minimum absolute atomic E-state index is 0.205. The zero-order valence-corrected chi connectivity index (χ0v) is 17.9. The monoisotopic (exact) mass is 433 g/mol. The molecule has 11 nitrogen and oxygen atoms in total. The molecule has 1 aromatic carbocycles. The summed E-state index contributed by atoms with van der Waals surface area (Å²) < 4.78 is 3.12. The van der Waals surface area contributed by atoms with Crippen molar-refractivity contribution in [2.75, 3.05) is 38.1 Å². The summed E-state index contributed by atoms with van der Waals surface area (Å²) in [5.41, 5.74) is 0.843. The van der Waals surface area contributed by atoms with Gasteiger partial charge in [0.1, 0.15) is 12.1 Å². The number of nitrogens with zero attached hydrogens (tertiary/aromatic N) is 8. The maximum Gasteiger partial charge on any atom is 0.275 e. The molecule has 11 heteroatoms. The number of carbonyl (C=O) groups is 1. The summed E-state index contributed by atoms with van der Waals surface area (Å²) in [6.07, 6.45) is 3.35. The maximum absolute atomic E-state index is 13.0. The third-order valence-corrected chi connectivity index (χ3v) is 5.82. The Labute approximate surface area is 183 Å². The molecule has 4 heterocycles. The molecule has 1 N–H and O–H groups in total. The van der Waals surface area contributed by atoms with Gasteiger partial charge in [0, 0.05) is 45.7 Å². The van der Waals surface area contributed by atoms with Crippen LogP contribution in [-0.4, -0.2) is 73.6 Å². The van der Waals surface area contributed by atoms with E-state index in [-0.39, 0.29) is 17.2 Å². The third-order valence-electron chi connectivity index (χ3n) is 5.82. The lowest BCUT2D eigenvalue weighted by Crippen LogP contribution is -2.48. The number of nitrogens with one attached hydrogen (secondary N) is 1. The molecule has 0 bridgehead atoms. The molecule has 1 amide bonds. The molecule has 1 saturated heterocycles. The molecule has 164 valence electrons. The average Bonchev–Trinajstić information content (AvgIpc) is 3.22. The first-order valence-electron chi connectivity index (χ1n) is 10.4. The molecule has 5 rings (SSSR count). The van der Waals surface area contributed by atoms with Crippen LogP contribution in [0.1, 0.15) is 10.5 Å². The number of benzene rings is 1. The third kappa shape index (κ3) is 3.36. The largest absolute Gasteiger partial charge is 0.354 e. The van der Waals surface area contributed by atoms with E-state index in [1.807, 2.05) is 7.05 Å². The summed E-state index contributed by atoms with van der Waals surface area (Å²) in [4.78, 5) is 38.5. The lowest BCUT2D eigenvalue weighted by atomic mass is 10.1. The molecule has 0 unspecified atom stereocenters. The quantitative estimate of drug-likeness (QED) is 0.486. The van der Waals surface area contributed by atoms with Gasteiger partial charge in [-0.3, -0.25) is 19.2 Å². The maximum atomic E-state index is 13.0. The minimum Gasteiger partial charge on any atom is -0.354 e. The van der Waals surface area contributed by atoms with Crippen molar-refractivity contribution >= 4 is 33.5 Å². The highest BCUT2D eigenvalue weighted by Gasteiger charge is 2.23. The Hall–Kier alpha value is -3.86. The van der Waals surface area contributed by atoms with Crippen LogP contribution < -0.4 is 15.8 Å². The highest BCUT2D eigenvalue weighted by Crippen LogP contribution is 2.23. The standard InChI is InChI=1S/C21H23N9O2/c1-22-20(31)17-14-5-3-4-6-15(14)21(32)30(26-17)13-28-7-9-29(10-8-28)19-16-11-25-27(2)18(16)23-12-24-19/h3-6,11-12H,7-10,13H2,1-2H3,(H,22,31). The number of rotatable bonds is 4. The van der Waals surface area contributed by atoms with Gasteiger partial charge in [-0.2, -0.15) is 10.2 Å². The summed E-state index contributed by atoms with van der Waals surface area (Å²) >= 11 is 0. The van der Waals surface area contributed by atoms with Crippen LogP contribution in [0.3, 0.4) is 0 Å². The number of carbonyl (C=O) groups excluding carboxylic acids is 1. The number of hydrogen-bond acceptors (Lipinski definition) is 8. The van der Waals surface area contributed by atoms with Crippen molar-refractivity contribution in [3.05, 3.63) is 52.8 Å². The zero-order chi connectivity index (χ0) is 22.2. The number of aryl methyl sites for hydroxylation is 1. The van der Waals surface area contributed by atoms with Gasteiger partial charge >= 0.3 is 0 Å². The molecule has 0 radical (unpaired) electrons. The second-order valence-corrected chi connectivity index (χ2v) is 7.73. The van der Waals surface area contributed by atoms with E-state index >= 15 is 0 Å². The fourth-order valence-corrected chi connectivity index (χ4v) is 4.11. The predicted octanol–water partition coefficient (Wildman–Crippen LogP) is 0.213. The average molecular weight is 433 g/mol. The molecule has 32 heavy (non-hydrogen) atoms. The van der Waals surface area contributed by atoms with Gasteiger partial charge in [0.05, 0.1) is 23.6 Å². The van der Waals surface area contributed by atoms with E-state index in [4.69, 9.17) is 0 Å². The second-order valence-electron chi connectivity index (χ2n) is 7.73. The number of piperazine rings is 1. The Morgan fingerprint density at radius 3 is 2.56 bits per heavy atom. The summed E-state index contributed by atoms with van der Waals surface area (Å²) in [6, 6.07) is 7.07. The Morgan fingerprint density at radius 1 is 1.06 bits per heavy atom. The van der Waals surface area contributed by atoms with E-state index in [2.05, 4.69) is 35.3 Å². The van der Waals surface area contributed by atoms with Gasteiger partial charge in [-0.25, -0.2) is 14.6 Å². The van der Waals surface area contributed by atoms with Crippen molar-refractivity contribution < 1.29 is 4.79 Å². The molecule has 1 aliphatic heterocycles. The first kappa shape index (κ1) is 20.1. The van der Waals surface area contributed by atoms with Crippen LogP contribution in [0.5, 0.6) is 0 Å². The van der Waals surface area contributed by atoms with Gasteiger partial charge in [0.25, 0.3) is 11.5 Å². The van der Waals surface area contributed by atoms with Crippen LogP contribution in [0.2, 0.25) is 0 Å². The fraction of sp³-hybridized carbons (Fsp3) is 0.333. The van der Waals surface area contributed by atoms with Crippen LogP contribution in [0, 0.1) is 0 Å². The van der Waals surface area contributed by atoms with E-state index in [9.17, 15) is 9.59 Å². The molecule has 1 aliphatic rings. The molecule has 4 aromatic rings. The zero-order valence-electron chi connectivity index (χ0n) is 17.9. The van der Waals surface area contributed by atoms with E-state index in [0.717, 1.165) is 43.0 Å². The van der Waals surface area contributed by atoms with Crippen molar-refractivity contribution in [1.29, 1.82) is 0 Å². The van der Waals surface area contributed by atoms with Crippen LogP contribution >= 0.6 is 0 Å². The SMILES string of the molecule is CNC(=O)c1nn(CN2CCN(c3ncnc4c3cnn4C)CC2)c(=O)c2ccccc12. The van der Waals surface area contributed by atoms with Crippen LogP contribution in [0.4, 0.5) is 5.82 Å². The second kappa shape index (κ2) is 8.00. The summed E-state index contributed by atoms with van der Waals surface area (Å²) in [6.45, 7) is 3.24. The Kier molecular flexibility index (Phi) is 5.02. The Balaban J connectivity index is 1.38. The molecule has 3 aromatic heterocycles. The first-order chi connectivity index (χ1) is 15.6. The number of aromatic nitrogens is 6. The van der Waals surface area contributed by atoms with E-state index < -0.39 is 0 Å². The van der Waals surface area contributed by atoms with E-state index in [1.54, 1.807) is 48.5 Å². The van der Waals surface area contributed by atoms with Crippen molar-refractivity contribution in [3.8, 4) is 0 Å². The molecule has 1 fully saturated rings. The number of anilines is 1. The first-order valence-corrected chi connectivity index (χ1v) is 10.4. The topological polar surface area (TPSA) is 114 Å². The molecule has 0 atom stereocenters. The number of amides is 1. The number of fused-ring (bicyclic) bond motifs is 2. The van der Waals surface area contributed by atoms with Crippen molar-refractivity contribution in [2.45, 2.75) is 6.67 Å². The highest BCUT2D eigenvalue weighted by molar-refractivity contribution is 6.04. The normalized spacial score (nSPS) is 14.9. The lowest BCUT2D eigenvalue weighted by Gasteiger charge is -2.35. The van der Waals surface area contributed by atoms with Crippen LogP contribution in [0.15, 0.2) is 41.6 Å². The van der Waals surface area contributed by atoms with Gasteiger partial charge in [-0.05, 0) is 6.07 Å². The Morgan fingerprint density at radius 2 is 1.81 bits per heavy atom. The highest BCUT2D eigenvalue weighted by atomic mass is 16.2. The van der Waals surface area contributed by atoms with Gasteiger partial charge in [0.2, 0.25) is 0 Å². The predicted molar refractivity (Wildman–Crippen MR) is 119 cm³/mol. The van der Waals surface area contributed by atoms with Gasteiger partial charge in [-0.1, -0.05) is 18.2 Å². The molecule has 0 spiro atoms. The van der Waals surface area contributed by atoms with Crippen LogP contribution in [-0.2, 0) is 13.7 Å². The van der Waals surface area contributed by atoms with Gasteiger partial charge < -0.3 is 10.2 Å². The molecular weight excluding hydrogens is 410 g/mol. The Bertz CT molecular complexity index is 1370. The van der Waals surface area contributed by atoms with E-state index in [1.165, 1.54) is 4.68 Å². The molecular formula is C21H23N9O2. The smallest absolute Gasteiger partial charge is 0.275 e. The fourth-order valence-electron chi connectivity index (χ4n) is 4.11.